The molecule has 2 aromatic heterocycles. The summed E-state index contributed by atoms with van der Waals surface area (Å²) in [5.41, 5.74) is 3.13. The van der Waals surface area contributed by atoms with Crippen molar-refractivity contribution in [2.45, 2.75) is 45.8 Å². The molecular formula is C21H27BN4O2. The molecule has 0 saturated carbocycles. The standard InChI is InChI=1S/C21H27BN4O2/c1-14-9-8-10-19(23-14)26-13-16-17(24-26)11-15(12-18(16)25(6)7)22-27-20(2,3)21(4,5)28-22/h8-13H,1-7H3. The van der Waals surface area contributed by atoms with Gasteiger partial charge in [-0.2, -0.15) is 5.10 Å². The highest BCUT2D eigenvalue weighted by Gasteiger charge is 2.51. The second kappa shape index (κ2) is 6.32. The van der Waals surface area contributed by atoms with Gasteiger partial charge in [0.15, 0.2) is 5.82 Å². The highest BCUT2D eigenvalue weighted by atomic mass is 16.7. The molecule has 3 heterocycles. The van der Waals surface area contributed by atoms with Gasteiger partial charge in [0.1, 0.15) is 0 Å². The molecule has 6 nitrogen and oxygen atoms in total. The summed E-state index contributed by atoms with van der Waals surface area (Å²) in [5, 5.41) is 5.85. The van der Waals surface area contributed by atoms with Crippen LogP contribution >= 0.6 is 0 Å². The smallest absolute Gasteiger partial charge is 0.399 e. The van der Waals surface area contributed by atoms with Gasteiger partial charge >= 0.3 is 7.12 Å². The van der Waals surface area contributed by atoms with Crippen LogP contribution in [0.4, 0.5) is 5.69 Å². The van der Waals surface area contributed by atoms with E-state index in [1.807, 2.05) is 50.1 Å². The van der Waals surface area contributed by atoms with E-state index >= 15 is 0 Å². The Balaban J connectivity index is 1.82. The van der Waals surface area contributed by atoms with Crippen molar-refractivity contribution in [1.82, 2.24) is 14.8 Å². The summed E-state index contributed by atoms with van der Waals surface area (Å²) in [6.07, 6.45) is 2.03. The van der Waals surface area contributed by atoms with Crippen molar-refractivity contribution < 1.29 is 9.31 Å². The van der Waals surface area contributed by atoms with Gasteiger partial charge in [0, 0.05) is 37.1 Å². The van der Waals surface area contributed by atoms with Gasteiger partial charge in [0.25, 0.3) is 0 Å². The first-order chi connectivity index (χ1) is 13.1. The first kappa shape index (κ1) is 19.0. The molecule has 4 rings (SSSR count). The van der Waals surface area contributed by atoms with Crippen LogP contribution in [0.25, 0.3) is 16.7 Å². The van der Waals surface area contributed by atoms with Gasteiger partial charge in [-0.3, -0.25) is 0 Å². The fourth-order valence-electron chi connectivity index (χ4n) is 3.39. The van der Waals surface area contributed by atoms with Gasteiger partial charge in [-0.15, -0.1) is 0 Å². The molecule has 28 heavy (non-hydrogen) atoms. The van der Waals surface area contributed by atoms with Crippen molar-refractivity contribution >= 4 is 29.2 Å². The number of rotatable bonds is 3. The van der Waals surface area contributed by atoms with E-state index in [1.54, 1.807) is 0 Å². The number of aromatic nitrogens is 3. The van der Waals surface area contributed by atoms with Crippen molar-refractivity contribution in [1.29, 1.82) is 0 Å². The molecular weight excluding hydrogens is 351 g/mol. The van der Waals surface area contributed by atoms with Crippen molar-refractivity contribution in [2.24, 2.45) is 0 Å². The Labute approximate surface area is 166 Å². The lowest BCUT2D eigenvalue weighted by atomic mass is 9.78. The maximum atomic E-state index is 6.25. The summed E-state index contributed by atoms with van der Waals surface area (Å²) < 4.78 is 14.3. The predicted molar refractivity (Wildman–Crippen MR) is 114 cm³/mol. The van der Waals surface area contributed by atoms with Gasteiger partial charge in [0.2, 0.25) is 0 Å². The van der Waals surface area contributed by atoms with E-state index in [4.69, 9.17) is 14.4 Å². The fourth-order valence-corrected chi connectivity index (χ4v) is 3.39. The number of anilines is 1. The fraction of sp³-hybridized carbons (Fsp3) is 0.429. The summed E-state index contributed by atoms with van der Waals surface area (Å²) in [7, 11) is 3.64. The molecule has 146 valence electrons. The van der Waals surface area contributed by atoms with Crippen LogP contribution in [0.5, 0.6) is 0 Å². The normalized spacial score (nSPS) is 18.0. The van der Waals surface area contributed by atoms with Crippen LogP contribution in [-0.2, 0) is 9.31 Å². The lowest BCUT2D eigenvalue weighted by molar-refractivity contribution is 0.00578. The van der Waals surface area contributed by atoms with Crippen molar-refractivity contribution in [3.05, 3.63) is 42.2 Å². The van der Waals surface area contributed by atoms with Gasteiger partial charge in [-0.25, -0.2) is 9.67 Å². The van der Waals surface area contributed by atoms with Gasteiger partial charge in [0.05, 0.1) is 16.7 Å². The van der Waals surface area contributed by atoms with Gasteiger partial charge in [-0.1, -0.05) is 6.07 Å². The second-order valence-corrected chi connectivity index (χ2v) is 8.67. The highest BCUT2D eigenvalue weighted by molar-refractivity contribution is 6.62. The second-order valence-electron chi connectivity index (χ2n) is 8.67. The molecule has 1 fully saturated rings. The largest absolute Gasteiger partial charge is 0.494 e. The lowest BCUT2D eigenvalue weighted by Crippen LogP contribution is -2.41. The van der Waals surface area contributed by atoms with Crippen LogP contribution < -0.4 is 10.4 Å². The molecule has 0 aliphatic carbocycles. The minimum atomic E-state index is -0.421. The molecule has 7 heteroatoms. The Bertz CT molecular complexity index is 1030. The predicted octanol–water partition coefficient (Wildman–Crippen LogP) is 3.09. The third-order valence-electron chi connectivity index (χ3n) is 5.74. The van der Waals surface area contributed by atoms with Crippen LogP contribution in [0.3, 0.4) is 0 Å². The van der Waals surface area contributed by atoms with Crippen LogP contribution in [0, 0.1) is 6.92 Å². The molecule has 3 aromatic rings. The van der Waals surface area contributed by atoms with Crippen molar-refractivity contribution in [3.8, 4) is 5.82 Å². The van der Waals surface area contributed by atoms with Crippen molar-refractivity contribution in [2.75, 3.05) is 19.0 Å². The van der Waals surface area contributed by atoms with Crippen LogP contribution in [0.1, 0.15) is 33.4 Å². The van der Waals surface area contributed by atoms with Crippen LogP contribution in [-0.4, -0.2) is 47.2 Å². The number of fused-ring (bicyclic) bond motifs is 1. The molecule has 0 unspecified atom stereocenters. The average Bonchev–Trinajstić information content (AvgIpc) is 3.12. The summed E-state index contributed by atoms with van der Waals surface area (Å²) in [4.78, 5) is 6.68. The topological polar surface area (TPSA) is 52.4 Å². The summed E-state index contributed by atoms with van der Waals surface area (Å²) in [5.74, 6) is 0.804. The molecule has 0 spiro atoms. The van der Waals surface area contributed by atoms with E-state index in [2.05, 4.69) is 49.7 Å². The zero-order valence-corrected chi connectivity index (χ0v) is 17.6. The number of pyridine rings is 1. The summed E-state index contributed by atoms with van der Waals surface area (Å²) >= 11 is 0. The van der Waals surface area contributed by atoms with Crippen LogP contribution in [0.15, 0.2) is 36.5 Å². The van der Waals surface area contributed by atoms with E-state index in [9.17, 15) is 0 Å². The highest BCUT2D eigenvalue weighted by Crippen LogP contribution is 2.37. The molecule has 1 aliphatic rings. The Morgan fingerprint density at radius 2 is 1.71 bits per heavy atom. The number of hydrogen-bond acceptors (Lipinski definition) is 5. The monoisotopic (exact) mass is 378 g/mol. The van der Waals surface area contributed by atoms with E-state index in [1.165, 1.54) is 0 Å². The van der Waals surface area contributed by atoms with E-state index in [0.717, 1.165) is 33.6 Å². The zero-order valence-electron chi connectivity index (χ0n) is 17.6. The average molecular weight is 378 g/mol. The van der Waals surface area contributed by atoms with E-state index in [0.29, 0.717) is 0 Å². The molecule has 1 aliphatic heterocycles. The number of aryl methyl sites for hydroxylation is 1. The lowest BCUT2D eigenvalue weighted by Gasteiger charge is -2.32. The molecule has 1 aromatic carbocycles. The number of hydrogen-bond donors (Lipinski definition) is 0. The molecule has 0 atom stereocenters. The minimum Gasteiger partial charge on any atom is -0.399 e. The van der Waals surface area contributed by atoms with Crippen molar-refractivity contribution in [3.63, 3.8) is 0 Å². The Morgan fingerprint density at radius 1 is 1.04 bits per heavy atom. The first-order valence-corrected chi connectivity index (χ1v) is 9.58. The Hall–Kier alpha value is -2.38. The van der Waals surface area contributed by atoms with Gasteiger partial charge in [-0.05, 0) is 64.3 Å². The third-order valence-corrected chi connectivity index (χ3v) is 5.74. The SMILES string of the molecule is Cc1cccc(-n2cc3c(N(C)C)cc(B4OC(C)(C)C(C)(C)O4)cc3n2)n1. The first-order valence-electron chi connectivity index (χ1n) is 9.58. The third kappa shape index (κ3) is 3.08. The zero-order chi connectivity index (χ0) is 20.3. The number of benzene rings is 1. The molecule has 0 N–H and O–H groups in total. The molecule has 0 radical (unpaired) electrons. The van der Waals surface area contributed by atoms with Gasteiger partial charge < -0.3 is 14.2 Å². The van der Waals surface area contributed by atoms with E-state index < -0.39 is 7.12 Å². The Morgan fingerprint density at radius 3 is 2.32 bits per heavy atom. The van der Waals surface area contributed by atoms with E-state index in [-0.39, 0.29) is 11.2 Å². The minimum absolute atomic E-state index is 0.379. The summed E-state index contributed by atoms with van der Waals surface area (Å²) in [6.45, 7) is 10.2. The molecule has 0 amide bonds. The Kier molecular flexibility index (Phi) is 4.28. The maximum absolute atomic E-state index is 6.25. The summed E-state index contributed by atoms with van der Waals surface area (Å²) in [6, 6.07) is 10.1. The molecule has 0 bridgehead atoms. The number of nitrogens with zero attached hydrogens (tertiary/aromatic N) is 4. The molecule has 1 saturated heterocycles. The maximum Gasteiger partial charge on any atom is 0.494 e. The quantitative estimate of drug-likeness (QED) is 0.656. The van der Waals surface area contributed by atoms with Crippen LogP contribution in [0.2, 0.25) is 0 Å².